The van der Waals surface area contributed by atoms with Gasteiger partial charge in [0.2, 0.25) is 0 Å². The highest BCUT2D eigenvalue weighted by molar-refractivity contribution is 6.32. The number of rotatable bonds is 8. The number of methoxy groups -OCH3 is 2. The van der Waals surface area contributed by atoms with Crippen molar-refractivity contribution in [3.8, 4) is 5.75 Å². The third-order valence-electron chi connectivity index (χ3n) is 4.67. The number of pyridine rings is 1. The van der Waals surface area contributed by atoms with Crippen LogP contribution >= 0.6 is 11.6 Å². The normalized spacial score (nSPS) is 12.0. The van der Waals surface area contributed by atoms with Crippen molar-refractivity contribution < 1.29 is 14.3 Å². The van der Waals surface area contributed by atoms with Gasteiger partial charge in [0.1, 0.15) is 5.75 Å². The Morgan fingerprint density at radius 1 is 1.28 bits per heavy atom. The van der Waals surface area contributed by atoms with Crippen LogP contribution in [0.2, 0.25) is 5.02 Å². The minimum Gasteiger partial charge on any atom is -0.495 e. The number of halogens is 1. The van der Waals surface area contributed by atoms with E-state index >= 15 is 0 Å². The first-order valence-corrected chi connectivity index (χ1v) is 9.37. The zero-order chi connectivity index (χ0) is 21.0. The fraction of sp³-hybridized carbons (Fsp3) is 0.238. The van der Waals surface area contributed by atoms with E-state index < -0.39 is 5.91 Å². The number of anilines is 1. The summed E-state index contributed by atoms with van der Waals surface area (Å²) in [7, 11) is 3.17. The molecule has 5 N–H and O–H groups in total. The van der Waals surface area contributed by atoms with Gasteiger partial charge in [-0.3, -0.25) is 9.78 Å². The monoisotopic (exact) mass is 414 g/mol. The summed E-state index contributed by atoms with van der Waals surface area (Å²) in [6.45, 7) is 0.654. The van der Waals surface area contributed by atoms with Gasteiger partial charge >= 0.3 is 0 Å². The van der Waals surface area contributed by atoms with E-state index in [9.17, 15) is 4.79 Å². The third-order valence-corrected chi connectivity index (χ3v) is 4.97. The van der Waals surface area contributed by atoms with Crippen LogP contribution in [0.5, 0.6) is 5.75 Å². The van der Waals surface area contributed by atoms with E-state index in [4.69, 9.17) is 32.5 Å². The summed E-state index contributed by atoms with van der Waals surface area (Å²) >= 11 is 6.29. The van der Waals surface area contributed by atoms with Crippen molar-refractivity contribution in [2.45, 2.75) is 12.6 Å². The number of hydrogen-bond donors (Lipinski definition) is 3. The minimum atomic E-state index is -0.536. The maximum Gasteiger partial charge on any atom is 0.250 e. The number of carbonyl (C=O) groups excluding carboxylic acids is 1. The molecule has 1 unspecified atom stereocenters. The van der Waals surface area contributed by atoms with E-state index in [-0.39, 0.29) is 6.04 Å². The molecule has 0 aliphatic carbocycles. The molecule has 7 nitrogen and oxygen atoms in total. The molecule has 0 saturated carbocycles. The number of ether oxygens (including phenoxy) is 2. The lowest BCUT2D eigenvalue weighted by molar-refractivity contribution is 0.100. The standard InChI is InChI=1S/C21H23ClN4O3/c1-28-11-13-10-25-20-14(4-3-5-15(20)21(24)27)19(13)26-17(9-23)12-6-7-18(29-2)16(22)8-12/h3-8,10,17H,9,11,23H2,1-2H3,(H2,24,27)(H,25,26). The van der Waals surface area contributed by atoms with Crippen LogP contribution in [0.4, 0.5) is 5.69 Å². The fourth-order valence-electron chi connectivity index (χ4n) is 3.25. The van der Waals surface area contributed by atoms with Crippen LogP contribution in [0.3, 0.4) is 0 Å². The van der Waals surface area contributed by atoms with E-state index in [1.165, 1.54) is 0 Å². The van der Waals surface area contributed by atoms with Gasteiger partial charge in [-0.2, -0.15) is 0 Å². The first kappa shape index (κ1) is 20.9. The Bertz CT molecular complexity index is 1040. The second kappa shape index (κ2) is 9.09. The summed E-state index contributed by atoms with van der Waals surface area (Å²) in [6, 6.07) is 10.6. The number of nitrogens with zero attached hydrogens (tertiary/aromatic N) is 1. The van der Waals surface area contributed by atoms with Gasteiger partial charge < -0.3 is 26.3 Å². The molecule has 0 radical (unpaired) electrons. The first-order valence-electron chi connectivity index (χ1n) is 8.99. The van der Waals surface area contributed by atoms with Crippen molar-refractivity contribution in [3.63, 3.8) is 0 Å². The van der Waals surface area contributed by atoms with Crippen molar-refractivity contribution in [2.75, 3.05) is 26.1 Å². The predicted molar refractivity (Wildman–Crippen MR) is 114 cm³/mol. The topological polar surface area (TPSA) is 112 Å². The minimum absolute atomic E-state index is 0.239. The zero-order valence-corrected chi connectivity index (χ0v) is 17.0. The van der Waals surface area contributed by atoms with Gasteiger partial charge in [0.25, 0.3) is 5.91 Å². The van der Waals surface area contributed by atoms with Crippen molar-refractivity contribution in [1.82, 2.24) is 4.98 Å². The van der Waals surface area contributed by atoms with Gasteiger partial charge in [-0.1, -0.05) is 29.8 Å². The molecule has 1 aromatic heterocycles. The highest BCUT2D eigenvalue weighted by Gasteiger charge is 2.18. The van der Waals surface area contributed by atoms with Crippen LogP contribution in [-0.4, -0.2) is 31.7 Å². The molecule has 0 bridgehead atoms. The highest BCUT2D eigenvalue weighted by Crippen LogP contribution is 2.33. The van der Waals surface area contributed by atoms with Crippen molar-refractivity contribution in [3.05, 3.63) is 64.3 Å². The van der Waals surface area contributed by atoms with Crippen molar-refractivity contribution >= 4 is 34.1 Å². The van der Waals surface area contributed by atoms with Crippen LogP contribution in [-0.2, 0) is 11.3 Å². The molecule has 8 heteroatoms. The lowest BCUT2D eigenvalue weighted by Crippen LogP contribution is -2.22. The molecule has 3 rings (SSSR count). The van der Waals surface area contributed by atoms with Gasteiger partial charge in [-0.25, -0.2) is 0 Å². The maximum absolute atomic E-state index is 11.8. The van der Waals surface area contributed by atoms with Crippen LogP contribution in [0.25, 0.3) is 10.9 Å². The first-order chi connectivity index (χ1) is 14.0. The number of carbonyl (C=O) groups is 1. The number of primary amides is 1. The number of para-hydroxylation sites is 1. The third kappa shape index (κ3) is 4.27. The number of benzene rings is 2. The number of hydrogen-bond acceptors (Lipinski definition) is 6. The molecule has 0 aliphatic rings. The predicted octanol–water partition coefficient (Wildman–Crippen LogP) is 3.25. The molecule has 0 spiro atoms. The van der Waals surface area contributed by atoms with E-state index in [0.717, 1.165) is 22.2 Å². The summed E-state index contributed by atoms with van der Waals surface area (Å²) in [4.78, 5) is 16.3. The highest BCUT2D eigenvalue weighted by atomic mass is 35.5. The quantitative estimate of drug-likeness (QED) is 0.521. The number of amides is 1. The Labute approximate surface area is 174 Å². The number of fused-ring (bicyclic) bond motifs is 1. The molecule has 152 valence electrons. The van der Waals surface area contributed by atoms with Gasteiger partial charge in [-0.15, -0.1) is 0 Å². The number of nitrogens with one attached hydrogen (secondary N) is 1. The molecule has 1 amide bonds. The largest absolute Gasteiger partial charge is 0.495 e. The Morgan fingerprint density at radius 2 is 2.07 bits per heavy atom. The SMILES string of the molecule is COCc1cnc2c(C(N)=O)cccc2c1NC(CN)c1ccc(OC)c(Cl)c1. The average molecular weight is 415 g/mol. The zero-order valence-electron chi connectivity index (χ0n) is 16.2. The molecule has 0 fully saturated rings. The molecule has 29 heavy (non-hydrogen) atoms. The summed E-state index contributed by atoms with van der Waals surface area (Å²) in [5.41, 5.74) is 15.0. The summed E-state index contributed by atoms with van der Waals surface area (Å²) in [6.07, 6.45) is 1.68. The van der Waals surface area contributed by atoms with Crippen LogP contribution in [0, 0.1) is 0 Å². The van der Waals surface area contributed by atoms with Gasteiger partial charge in [0.05, 0.1) is 41.5 Å². The summed E-state index contributed by atoms with van der Waals surface area (Å²) < 4.78 is 10.5. The van der Waals surface area contributed by atoms with E-state index in [1.807, 2.05) is 18.2 Å². The second-order valence-corrected chi connectivity index (χ2v) is 6.89. The van der Waals surface area contributed by atoms with Crippen LogP contribution in [0.15, 0.2) is 42.6 Å². The van der Waals surface area contributed by atoms with Crippen molar-refractivity contribution in [2.24, 2.45) is 11.5 Å². The molecule has 0 saturated heterocycles. The van der Waals surface area contributed by atoms with Crippen LogP contribution < -0.4 is 21.5 Å². The second-order valence-electron chi connectivity index (χ2n) is 6.48. The molecule has 0 aliphatic heterocycles. The molecular weight excluding hydrogens is 392 g/mol. The van der Waals surface area contributed by atoms with Gasteiger partial charge in [0.15, 0.2) is 0 Å². The Hall–Kier alpha value is -2.87. The van der Waals surface area contributed by atoms with Gasteiger partial charge in [-0.05, 0) is 23.8 Å². The summed E-state index contributed by atoms with van der Waals surface area (Å²) in [5, 5.41) is 4.73. The van der Waals surface area contributed by atoms with Crippen LogP contribution in [0.1, 0.15) is 27.5 Å². The Kier molecular flexibility index (Phi) is 6.53. The maximum atomic E-state index is 11.8. The number of aromatic nitrogens is 1. The van der Waals surface area contributed by atoms with Gasteiger partial charge in [0, 0.05) is 30.8 Å². The Morgan fingerprint density at radius 3 is 2.69 bits per heavy atom. The van der Waals surface area contributed by atoms with E-state index in [0.29, 0.717) is 35.0 Å². The Balaban J connectivity index is 2.11. The summed E-state index contributed by atoms with van der Waals surface area (Å²) in [5.74, 6) is 0.0533. The lowest BCUT2D eigenvalue weighted by Gasteiger charge is -2.23. The fourth-order valence-corrected chi connectivity index (χ4v) is 3.52. The lowest BCUT2D eigenvalue weighted by atomic mass is 10.0. The molecule has 1 heterocycles. The molecule has 1 atom stereocenters. The smallest absolute Gasteiger partial charge is 0.250 e. The van der Waals surface area contributed by atoms with E-state index in [2.05, 4.69) is 10.3 Å². The van der Waals surface area contributed by atoms with E-state index in [1.54, 1.807) is 38.6 Å². The molecule has 2 aromatic carbocycles. The molecule has 3 aromatic rings. The molecular formula is C21H23ClN4O3. The van der Waals surface area contributed by atoms with Crippen molar-refractivity contribution in [1.29, 1.82) is 0 Å². The average Bonchev–Trinajstić information content (AvgIpc) is 2.72. The number of nitrogens with two attached hydrogens (primary N) is 2.